The van der Waals surface area contributed by atoms with Gasteiger partial charge in [0, 0.05) is 16.9 Å². The lowest BCUT2D eigenvalue weighted by Crippen LogP contribution is -2.46. The first-order chi connectivity index (χ1) is 16.9. The summed E-state index contributed by atoms with van der Waals surface area (Å²) in [6.45, 7) is 8.36. The highest BCUT2D eigenvalue weighted by atomic mass is 32.1. The molecule has 3 aromatic carbocycles. The van der Waals surface area contributed by atoms with E-state index in [2.05, 4.69) is 80.6 Å². The number of rotatable bonds is 5. The molecule has 6 heteroatoms. The minimum atomic E-state index is -0.208. The van der Waals surface area contributed by atoms with E-state index < -0.39 is 0 Å². The molecule has 1 atom stereocenters. The second kappa shape index (κ2) is 9.47. The van der Waals surface area contributed by atoms with Crippen LogP contribution in [0.25, 0.3) is 17.0 Å². The molecule has 1 aromatic heterocycles. The van der Waals surface area contributed by atoms with E-state index in [4.69, 9.17) is 21.7 Å². The highest BCUT2D eigenvalue weighted by molar-refractivity contribution is 7.80. The minimum absolute atomic E-state index is 0.208. The Kier molecular flexibility index (Phi) is 6.22. The van der Waals surface area contributed by atoms with Crippen molar-refractivity contribution in [2.24, 2.45) is 0 Å². The number of anilines is 1. The van der Waals surface area contributed by atoms with Gasteiger partial charge in [-0.15, -0.1) is 0 Å². The van der Waals surface area contributed by atoms with Crippen molar-refractivity contribution in [2.45, 2.75) is 40.2 Å². The van der Waals surface area contributed by atoms with Crippen LogP contribution in [0.4, 0.5) is 5.69 Å². The summed E-state index contributed by atoms with van der Waals surface area (Å²) in [6, 6.07) is 24.8. The van der Waals surface area contributed by atoms with Crippen LogP contribution in [0, 0.1) is 13.8 Å². The highest BCUT2D eigenvalue weighted by Crippen LogP contribution is 2.39. The molecule has 176 valence electrons. The molecule has 1 unspecified atom stereocenters. The van der Waals surface area contributed by atoms with Crippen LogP contribution in [0.2, 0.25) is 0 Å². The summed E-state index contributed by atoms with van der Waals surface area (Å²) in [4.78, 5) is 6.86. The third-order valence-corrected chi connectivity index (χ3v) is 6.73. The zero-order valence-corrected chi connectivity index (χ0v) is 21.2. The fourth-order valence-electron chi connectivity index (χ4n) is 4.45. The van der Waals surface area contributed by atoms with Gasteiger partial charge in [0.05, 0.1) is 11.6 Å². The predicted octanol–water partition coefficient (Wildman–Crippen LogP) is 6.78. The first kappa shape index (κ1) is 23.0. The van der Waals surface area contributed by atoms with E-state index in [0.717, 1.165) is 40.1 Å². The summed E-state index contributed by atoms with van der Waals surface area (Å²) < 4.78 is 5.87. The van der Waals surface area contributed by atoms with Crippen molar-refractivity contribution >= 4 is 28.6 Å². The summed E-state index contributed by atoms with van der Waals surface area (Å²) in [6.07, 6.45) is 0.989. The van der Waals surface area contributed by atoms with E-state index >= 15 is 0 Å². The van der Waals surface area contributed by atoms with Gasteiger partial charge in [-0.2, -0.15) is 4.98 Å². The van der Waals surface area contributed by atoms with E-state index in [0.29, 0.717) is 16.8 Å². The van der Waals surface area contributed by atoms with E-state index in [1.807, 2.05) is 35.2 Å². The van der Waals surface area contributed by atoms with Gasteiger partial charge in [-0.1, -0.05) is 78.3 Å². The van der Waals surface area contributed by atoms with Gasteiger partial charge in [0.2, 0.25) is 5.82 Å². The Balaban J connectivity index is 1.64. The van der Waals surface area contributed by atoms with Crippen LogP contribution in [-0.4, -0.2) is 15.3 Å². The van der Waals surface area contributed by atoms with Gasteiger partial charge in [0.15, 0.2) is 5.11 Å². The van der Waals surface area contributed by atoms with E-state index in [1.165, 1.54) is 11.1 Å². The topological polar surface area (TPSA) is 54.2 Å². The lowest BCUT2D eigenvalue weighted by atomic mass is 9.93. The zero-order chi connectivity index (χ0) is 24.5. The summed E-state index contributed by atoms with van der Waals surface area (Å²) in [7, 11) is 0. The maximum absolute atomic E-state index is 5.87. The van der Waals surface area contributed by atoms with E-state index in [9.17, 15) is 0 Å². The summed E-state index contributed by atoms with van der Waals surface area (Å²) in [5, 5.41) is 8.50. The standard InChI is InChI=1S/C29H28N4OS/c1-5-21-11-15-22(16-12-21)26-25(28-31-27(32-34-28)23-13-9-18(2)10-14-23)20(4)33(29(35)30-26)24-8-6-7-19(3)17-24/h6-17,26H,5H2,1-4H3,(H,30,35). The zero-order valence-electron chi connectivity index (χ0n) is 20.4. The fourth-order valence-corrected chi connectivity index (χ4v) is 4.81. The number of nitrogens with zero attached hydrogens (tertiary/aromatic N) is 3. The van der Waals surface area contributed by atoms with Gasteiger partial charge in [0.25, 0.3) is 5.89 Å². The Morgan fingerprint density at radius 3 is 2.37 bits per heavy atom. The lowest BCUT2D eigenvalue weighted by Gasteiger charge is -2.37. The average molecular weight is 481 g/mol. The molecule has 1 aliphatic heterocycles. The molecule has 4 aromatic rings. The normalized spacial score (nSPS) is 15.9. The molecule has 0 amide bonds. The van der Waals surface area contributed by atoms with Gasteiger partial charge < -0.3 is 9.84 Å². The number of nitrogens with one attached hydrogen (secondary N) is 1. The third kappa shape index (κ3) is 4.49. The van der Waals surface area contributed by atoms with Gasteiger partial charge >= 0.3 is 0 Å². The summed E-state index contributed by atoms with van der Waals surface area (Å²) >= 11 is 5.87. The van der Waals surface area contributed by atoms with Gasteiger partial charge in [0.1, 0.15) is 0 Å². The molecule has 1 N–H and O–H groups in total. The highest BCUT2D eigenvalue weighted by Gasteiger charge is 2.34. The van der Waals surface area contributed by atoms with Crippen LogP contribution in [0.5, 0.6) is 0 Å². The molecule has 35 heavy (non-hydrogen) atoms. The van der Waals surface area contributed by atoms with E-state index in [1.54, 1.807) is 0 Å². The Morgan fingerprint density at radius 2 is 1.69 bits per heavy atom. The maximum atomic E-state index is 5.87. The third-order valence-electron chi connectivity index (χ3n) is 6.43. The molecular weight excluding hydrogens is 452 g/mol. The van der Waals surface area contributed by atoms with Crippen LogP contribution in [0.1, 0.15) is 48.0 Å². The SMILES string of the molecule is CCc1ccc(C2NC(=S)N(c3cccc(C)c3)C(C)=C2c2nc(-c3ccc(C)cc3)no2)cc1. The monoisotopic (exact) mass is 480 g/mol. The number of hydrogen-bond donors (Lipinski definition) is 1. The Bertz CT molecular complexity index is 1400. The number of aryl methyl sites for hydroxylation is 3. The number of hydrogen-bond acceptors (Lipinski definition) is 4. The molecule has 5 nitrogen and oxygen atoms in total. The van der Waals surface area contributed by atoms with Crippen LogP contribution >= 0.6 is 12.2 Å². The predicted molar refractivity (Wildman–Crippen MR) is 145 cm³/mol. The van der Waals surface area contributed by atoms with Crippen molar-refractivity contribution < 1.29 is 4.52 Å². The summed E-state index contributed by atoms with van der Waals surface area (Å²) in [5.74, 6) is 1.05. The molecule has 5 rings (SSSR count). The molecule has 0 saturated carbocycles. The summed E-state index contributed by atoms with van der Waals surface area (Å²) in [5.41, 5.74) is 8.52. The second-order valence-electron chi connectivity index (χ2n) is 8.94. The van der Waals surface area contributed by atoms with Crippen molar-refractivity contribution in [1.82, 2.24) is 15.5 Å². The van der Waals surface area contributed by atoms with Crippen molar-refractivity contribution in [3.8, 4) is 11.4 Å². The maximum Gasteiger partial charge on any atom is 0.258 e. The number of allylic oxidation sites excluding steroid dienone is 1. The van der Waals surface area contributed by atoms with Crippen molar-refractivity contribution in [3.63, 3.8) is 0 Å². The van der Waals surface area contributed by atoms with Crippen LogP contribution in [0.15, 0.2) is 83.0 Å². The number of benzene rings is 3. The largest absolute Gasteiger partial charge is 0.351 e. The van der Waals surface area contributed by atoms with Crippen molar-refractivity contribution in [1.29, 1.82) is 0 Å². The average Bonchev–Trinajstić information content (AvgIpc) is 3.34. The smallest absolute Gasteiger partial charge is 0.258 e. The van der Waals surface area contributed by atoms with Crippen LogP contribution in [0.3, 0.4) is 0 Å². The van der Waals surface area contributed by atoms with Crippen molar-refractivity contribution in [2.75, 3.05) is 4.90 Å². The number of thiocarbonyl (C=S) groups is 1. The first-order valence-corrected chi connectivity index (χ1v) is 12.2. The molecule has 0 radical (unpaired) electrons. The molecular formula is C29H28N4OS. The molecule has 0 saturated heterocycles. The molecule has 0 bridgehead atoms. The van der Waals surface area contributed by atoms with Gasteiger partial charge in [-0.25, -0.2) is 0 Å². The number of aromatic nitrogens is 2. The van der Waals surface area contributed by atoms with Crippen molar-refractivity contribution in [3.05, 3.63) is 107 Å². The van der Waals surface area contributed by atoms with Crippen LogP contribution in [-0.2, 0) is 6.42 Å². The minimum Gasteiger partial charge on any atom is -0.351 e. The molecule has 0 spiro atoms. The fraction of sp³-hybridized carbons (Fsp3) is 0.207. The quantitative estimate of drug-likeness (QED) is 0.318. The molecule has 0 fully saturated rings. The van der Waals surface area contributed by atoms with Crippen LogP contribution < -0.4 is 10.2 Å². The van der Waals surface area contributed by atoms with Gasteiger partial charge in [-0.3, -0.25) is 4.90 Å². The first-order valence-electron chi connectivity index (χ1n) is 11.8. The Hall–Kier alpha value is -3.77. The van der Waals surface area contributed by atoms with Gasteiger partial charge in [-0.05, 0) is 68.2 Å². The lowest BCUT2D eigenvalue weighted by molar-refractivity contribution is 0.404. The second-order valence-corrected chi connectivity index (χ2v) is 9.33. The Labute approximate surface area is 211 Å². The molecule has 1 aliphatic rings. The molecule has 2 heterocycles. The Morgan fingerprint density at radius 1 is 0.943 bits per heavy atom. The van der Waals surface area contributed by atoms with E-state index in [-0.39, 0.29) is 6.04 Å². The molecule has 0 aliphatic carbocycles.